The summed E-state index contributed by atoms with van der Waals surface area (Å²) in [5.74, 6) is 2.92. The van der Waals surface area contributed by atoms with Crippen LogP contribution >= 0.6 is 0 Å². The number of nitrogens with one attached hydrogen (secondary N) is 1. The molecule has 1 N–H and O–H groups in total. The van der Waals surface area contributed by atoms with Gasteiger partial charge in [0.1, 0.15) is 11.5 Å². The summed E-state index contributed by atoms with van der Waals surface area (Å²) < 4.78 is 16.2. The summed E-state index contributed by atoms with van der Waals surface area (Å²) >= 11 is 0. The number of benzene rings is 1. The summed E-state index contributed by atoms with van der Waals surface area (Å²) in [6, 6.07) is 9.32. The van der Waals surface area contributed by atoms with Gasteiger partial charge in [0.15, 0.2) is 11.5 Å². The molecular formula is C20H21N3O4. The standard InChI is InChI=1S/C20H21N3O4/c1-13-7-8-15(27-13)9-10-18(24)23-20-21-11-14(12-22-20)16-5-4-6-17(25-2)19(16)26-3/h4-8,11-12H,9-10H2,1-3H3,(H,21,22,23,24). The highest BCUT2D eigenvalue weighted by molar-refractivity contribution is 5.89. The third kappa shape index (κ3) is 4.44. The Morgan fingerprint density at radius 3 is 2.52 bits per heavy atom. The number of nitrogens with zero attached hydrogens (tertiary/aromatic N) is 2. The zero-order chi connectivity index (χ0) is 19.2. The maximum atomic E-state index is 12.1. The van der Waals surface area contributed by atoms with E-state index >= 15 is 0 Å². The third-order valence-electron chi connectivity index (χ3n) is 4.01. The topological polar surface area (TPSA) is 86.5 Å². The number of rotatable bonds is 7. The van der Waals surface area contributed by atoms with Crippen molar-refractivity contribution in [1.29, 1.82) is 0 Å². The fourth-order valence-corrected chi connectivity index (χ4v) is 2.69. The van der Waals surface area contributed by atoms with Gasteiger partial charge in [-0.3, -0.25) is 10.1 Å². The smallest absolute Gasteiger partial charge is 0.229 e. The number of aromatic nitrogens is 2. The van der Waals surface area contributed by atoms with E-state index in [9.17, 15) is 4.79 Å². The number of anilines is 1. The lowest BCUT2D eigenvalue weighted by Crippen LogP contribution is -2.14. The molecule has 3 rings (SSSR count). The van der Waals surface area contributed by atoms with Crippen molar-refractivity contribution in [3.8, 4) is 22.6 Å². The molecule has 0 radical (unpaired) electrons. The fourth-order valence-electron chi connectivity index (χ4n) is 2.69. The largest absolute Gasteiger partial charge is 0.493 e. The van der Waals surface area contributed by atoms with Crippen LogP contribution in [0.3, 0.4) is 0 Å². The van der Waals surface area contributed by atoms with Crippen LogP contribution in [0.5, 0.6) is 11.5 Å². The van der Waals surface area contributed by atoms with E-state index in [0.29, 0.717) is 24.3 Å². The number of para-hydroxylation sites is 1. The second-order valence-corrected chi connectivity index (χ2v) is 5.90. The molecule has 7 heteroatoms. The zero-order valence-corrected chi connectivity index (χ0v) is 15.5. The van der Waals surface area contributed by atoms with E-state index in [-0.39, 0.29) is 11.9 Å². The molecule has 0 saturated carbocycles. The molecular weight excluding hydrogens is 346 g/mol. The van der Waals surface area contributed by atoms with Crippen LogP contribution in [0.15, 0.2) is 47.1 Å². The van der Waals surface area contributed by atoms with Crippen LogP contribution in [0, 0.1) is 6.92 Å². The molecule has 0 fully saturated rings. The van der Waals surface area contributed by atoms with Gasteiger partial charge >= 0.3 is 0 Å². The van der Waals surface area contributed by atoms with E-state index in [0.717, 1.165) is 22.6 Å². The minimum atomic E-state index is -0.171. The lowest BCUT2D eigenvalue weighted by atomic mass is 10.1. The summed E-state index contributed by atoms with van der Waals surface area (Å²) in [5.41, 5.74) is 1.57. The molecule has 0 aliphatic carbocycles. The third-order valence-corrected chi connectivity index (χ3v) is 4.01. The Balaban J connectivity index is 1.66. The molecule has 0 aliphatic heterocycles. The molecule has 1 aromatic carbocycles. The average Bonchev–Trinajstić information content (AvgIpc) is 3.11. The molecule has 1 amide bonds. The molecule has 0 unspecified atom stereocenters. The van der Waals surface area contributed by atoms with Gasteiger partial charge in [-0.2, -0.15) is 0 Å². The molecule has 2 aromatic heterocycles. The van der Waals surface area contributed by atoms with Gasteiger partial charge < -0.3 is 13.9 Å². The second-order valence-electron chi connectivity index (χ2n) is 5.90. The fraction of sp³-hybridized carbons (Fsp3) is 0.250. The van der Waals surface area contributed by atoms with Crippen LogP contribution < -0.4 is 14.8 Å². The van der Waals surface area contributed by atoms with Crippen molar-refractivity contribution in [2.45, 2.75) is 19.8 Å². The molecule has 0 spiro atoms. The summed E-state index contributed by atoms with van der Waals surface area (Å²) in [4.78, 5) is 20.5. The van der Waals surface area contributed by atoms with Crippen molar-refractivity contribution >= 4 is 11.9 Å². The predicted octanol–water partition coefficient (Wildman–Crippen LogP) is 3.63. The number of hydrogen-bond donors (Lipinski definition) is 1. The maximum absolute atomic E-state index is 12.1. The van der Waals surface area contributed by atoms with Gasteiger partial charge in [-0.1, -0.05) is 12.1 Å². The Labute approximate surface area is 157 Å². The van der Waals surface area contributed by atoms with E-state index in [1.165, 1.54) is 0 Å². The quantitative estimate of drug-likeness (QED) is 0.686. The normalized spacial score (nSPS) is 10.5. The summed E-state index contributed by atoms with van der Waals surface area (Å²) in [7, 11) is 3.16. The van der Waals surface area contributed by atoms with E-state index in [1.54, 1.807) is 26.6 Å². The van der Waals surface area contributed by atoms with Gasteiger partial charge in [0, 0.05) is 36.4 Å². The van der Waals surface area contributed by atoms with E-state index in [4.69, 9.17) is 13.9 Å². The SMILES string of the molecule is COc1cccc(-c2cnc(NC(=O)CCc3ccc(C)o3)nc2)c1OC. The molecule has 0 saturated heterocycles. The summed E-state index contributed by atoms with van der Waals surface area (Å²) in [6.07, 6.45) is 4.09. The summed E-state index contributed by atoms with van der Waals surface area (Å²) in [6.45, 7) is 1.87. The number of hydrogen-bond acceptors (Lipinski definition) is 6. The lowest BCUT2D eigenvalue weighted by Gasteiger charge is -2.12. The molecule has 0 bridgehead atoms. The second kappa shape index (κ2) is 8.35. The minimum absolute atomic E-state index is 0.171. The van der Waals surface area contributed by atoms with Gasteiger partial charge in [0.2, 0.25) is 11.9 Å². The first-order valence-electron chi connectivity index (χ1n) is 8.49. The first kappa shape index (κ1) is 18.4. The highest BCUT2D eigenvalue weighted by Gasteiger charge is 2.13. The van der Waals surface area contributed by atoms with E-state index in [1.807, 2.05) is 37.3 Å². The van der Waals surface area contributed by atoms with Gasteiger partial charge in [-0.15, -0.1) is 0 Å². The van der Waals surface area contributed by atoms with Crippen LogP contribution in [-0.4, -0.2) is 30.1 Å². The number of carbonyl (C=O) groups is 1. The molecule has 27 heavy (non-hydrogen) atoms. The number of aryl methyl sites for hydroxylation is 2. The Hall–Kier alpha value is -3.35. The molecule has 0 aliphatic rings. The van der Waals surface area contributed by atoms with Crippen LogP contribution in [0.4, 0.5) is 5.95 Å². The monoisotopic (exact) mass is 367 g/mol. The number of furan rings is 1. The van der Waals surface area contributed by atoms with Crippen molar-refractivity contribution < 1.29 is 18.7 Å². The Bertz CT molecular complexity index is 919. The predicted molar refractivity (Wildman–Crippen MR) is 101 cm³/mol. The van der Waals surface area contributed by atoms with Crippen LogP contribution in [0.25, 0.3) is 11.1 Å². The van der Waals surface area contributed by atoms with Gasteiger partial charge in [-0.05, 0) is 25.1 Å². The Morgan fingerprint density at radius 2 is 1.89 bits per heavy atom. The number of amides is 1. The van der Waals surface area contributed by atoms with Gasteiger partial charge in [0.05, 0.1) is 14.2 Å². The first-order chi connectivity index (χ1) is 13.1. The van der Waals surface area contributed by atoms with Crippen LogP contribution in [0.2, 0.25) is 0 Å². The van der Waals surface area contributed by atoms with Gasteiger partial charge in [-0.25, -0.2) is 9.97 Å². The molecule has 140 valence electrons. The lowest BCUT2D eigenvalue weighted by molar-refractivity contribution is -0.116. The van der Waals surface area contributed by atoms with Crippen molar-refractivity contribution in [1.82, 2.24) is 9.97 Å². The highest BCUT2D eigenvalue weighted by atomic mass is 16.5. The molecule has 0 atom stereocenters. The van der Waals surface area contributed by atoms with E-state index < -0.39 is 0 Å². The molecule has 2 heterocycles. The number of ether oxygens (including phenoxy) is 2. The minimum Gasteiger partial charge on any atom is -0.493 e. The number of methoxy groups -OCH3 is 2. The van der Waals surface area contributed by atoms with Gasteiger partial charge in [0.25, 0.3) is 0 Å². The van der Waals surface area contributed by atoms with Crippen molar-refractivity contribution in [3.63, 3.8) is 0 Å². The van der Waals surface area contributed by atoms with Crippen molar-refractivity contribution in [2.75, 3.05) is 19.5 Å². The van der Waals surface area contributed by atoms with Crippen molar-refractivity contribution in [3.05, 3.63) is 54.2 Å². The maximum Gasteiger partial charge on any atom is 0.229 e. The number of carbonyl (C=O) groups excluding carboxylic acids is 1. The Kier molecular flexibility index (Phi) is 5.71. The molecule has 3 aromatic rings. The molecule has 7 nitrogen and oxygen atoms in total. The van der Waals surface area contributed by atoms with Crippen molar-refractivity contribution in [2.24, 2.45) is 0 Å². The Morgan fingerprint density at radius 1 is 1.11 bits per heavy atom. The highest BCUT2D eigenvalue weighted by Crippen LogP contribution is 2.37. The average molecular weight is 367 g/mol. The first-order valence-corrected chi connectivity index (χ1v) is 8.49. The zero-order valence-electron chi connectivity index (χ0n) is 15.5. The van der Waals surface area contributed by atoms with Crippen LogP contribution in [-0.2, 0) is 11.2 Å². The summed E-state index contributed by atoms with van der Waals surface area (Å²) in [5, 5.41) is 2.69. The van der Waals surface area contributed by atoms with E-state index in [2.05, 4.69) is 15.3 Å². The van der Waals surface area contributed by atoms with Crippen LogP contribution in [0.1, 0.15) is 17.9 Å².